The predicted molar refractivity (Wildman–Crippen MR) is 94.9 cm³/mol. The summed E-state index contributed by atoms with van der Waals surface area (Å²) in [6, 6.07) is 11.3. The molecule has 25 heavy (non-hydrogen) atoms. The molecule has 0 N–H and O–H groups in total. The van der Waals surface area contributed by atoms with Crippen molar-refractivity contribution in [2.75, 3.05) is 0 Å². The second kappa shape index (κ2) is 5.38. The van der Waals surface area contributed by atoms with Crippen molar-refractivity contribution >= 4 is 21.8 Å². The Balaban J connectivity index is 2.25. The Morgan fingerprint density at radius 1 is 0.640 bits per heavy atom. The first-order valence-corrected chi connectivity index (χ1v) is 8.04. The van der Waals surface area contributed by atoms with E-state index in [2.05, 4.69) is 0 Å². The SMILES string of the molecule is Cc1cc(F)c(-n2c3ccc(C)cc3c3cc(C)c(F)cc32)c(F)c1. The quantitative estimate of drug-likeness (QED) is 0.393. The van der Waals surface area contributed by atoms with Gasteiger partial charge in [-0.15, -0.1) is 0 Å². The van der Waals surface area contributed by atoms with E-state index in [0.717, 1.165) is 16.3 Å². The van der Waals surface area contributed by atoms with Gasteiger partial charge in [-0.05, 0) is 68.3 Å². The van der Waals surface area contributed by atoms with E-state index in [1.54, 1.807) is 19.9 Å². The molecular formula is C21H16F3N. The zero-order chi connectivity index (χ0) is 17.9. The van der Waals surface area contributed by atoms with E-state index in [-0.39, 0.29) is 5.69 Å². The molecule has 0 unspecified atom stereocenters. The van der Waals surface area contributed by atoms with Crippen LogP contribution in [-0.2, 0) is 0 Å². The molecule has 0 aliphatic carbocycles. The molecule has 126 valence electrons. The largest absolute Gasteiger partial charge is 0.304 e. The third kappa shape index (κ3) is 2.32. The van der Waals surface area contributed by atoms with Crippen molar-refractivity contribution in [1.82, 2.24) is 4.57 Å². The van der Waals surface area contributed by atoms with Gasteiger partial charge in [0.15, 0.2) is 0 Å². The third-order valence-corrected chi connectivity index (χ3v) is 4.59. The number of fused-ring (bicyclic) bond motifs is 3. The summed E-state index contributed by atoms with van der Waals surface area (Å²) in [5, 5.41) is 1.62. The molecule has 0 bridgehead atoms. The van der Waals surface area contributed by atoms with Crippen molar-refractivity contribution in [2.24, 2.45) is 0 Å². The first kappa shape index (κ1) is 15.8. The van der Waals surface area contributed by atoms with Gasteiger partial charge in [-0.25, -0.2) is 13.2 Å². The zero-order valence-electron chi connectivity index (χ0n) is 14.1. The number of benzene rings is 3. The molecule has 4 aromatic rings. The molecule has 0 spiro atoms. The average molecular weight is 339 g/mol. The van der Waals surface area contributed by atoms with Crippen LogP contribution in [0.2, 0.25) is 0 Å². The number of aromatic nitrogens is 1. The minimum atomic E-state index is -0.669. The number of aryl methyl sites for hydroxylation is 3. The predicted octanol–water partition coefficient (Wildman–Crippen LogP) is 6.13. The number of hydrogen-bond acceptors (Lipinski definition) is 0. The van der Waals surface area contributed by atoms with Gasteiger partial charge >= 0.3 is 0 Å². The summed E-state index contributed by atoms with van der Waals surface area (Å²) < 4.78 is 45.0. The van der Waals surface area contributed by atoms with Crippen LogP contribution in [0.5, 0.6) is 0 Å². The summed E-state index contributed by atoms with van der Waals surface area (Å²) in [7, 11) is 0. The molecule has 1 heterocycles. The van der Waals surface area contributed by atoms with Gasteiger partial charge in [-0.3, -0.25) is 0 Å². The molecule has 1 aromatic heterocycles. The summed E-state index contributed by atoms with van der Waals surface area (Å²) in [5.74, 6) is -1.74. The van der Waals surface area contributed by atoms with Crippen LogP contribution in [0.15, 0.2) is 42.5 Å². The first-order valence-electron chi connectivity index (χ1n) is 8.04. The Labute approximate surface area is 143 Å². The lowest BCUT2D eigenvalue weighted by molar-refractivity contribution is 0.571. The zero-order valence-corrected chi connectivity index (χ0v) is 14.1. The van der Waals surface area contributed by atoms with Gasteiger partial charge < -0.3 is 4.57 Å². The summed E-state index contributed by atoms with van der Waals surface area (Å²) in [6.07, 6.45) is 0. The average Bonchev–Trinajstić information content (AvgIpc) is 2.80. The fourth-order valence-corrected chi connectivity index (χ4v) is 3.41. The molecule has 0 aliphatic rings. The van der Waals surface area contributed by atoms with E-state index in [9.17, 15) is 13.2 Å². The number of rotatable bonds is 1. The monoisotopic (exact) mass is 339 g/mol. The highest BCUT2D eigenvalue weighted by Crippen LogP contribution is 2.35. The molecule has 4 rings (SSSR count). The topological polar surface area (TPSA) is 4.93 Å². The van der Waals surface area contributed by atoms with Crippen LogP contribution in [0.3, 0.4) is 0 Å². The minimum absolute atomic E-state index is 0.183. The van der Waals surface area contributed by atoms with Crippen molar-refractivity contribution < 1.29 is 13.2 Å². The molecule has 0 saturated carbocycles. The second-order valence-electron chi connectivity index (χ2n) is 6.55. The molecule has 0 saturated heterocycles. The van der Waals surface area contributed by atoms with Gasteiger partial charge in [0.2, 0.25) is 0 Å². The number of hydrogen-bond donors (Lipinski definition) is 0. The number of halogens is 3. The van der Waals surface area contributed by atoms with Gasteiger partial charge in [0, 0.05) is 10.8 Å². The van der Waals surface area contributed by atoms with Gasteiger partial charge in [-0.2, -0.15) is 0 Å². The molecule has 3 aromatic carbocycles. The highest BCUT2D eigenvalue weighted by Gasteiger charge is 2.20. The Morgan fingerprint density at radius 3 is 1.96 bits per heavy atom. The highest BCUT2D eigenvalue weighted by molar-refractivity contribution is 6.09. The summed E-state index contributed by atoms with van der Waals surface area (Å²) in [4.78, 5) is 0. The van der Waals surface area contributed by atoms with Crippen LogP contribution >= 0.6 is 0 Å². The molecular weight excluding hydrogens is 323 g/mol. The Morgan fingerprint density at radius 2 is 1.28 bits per heavy atom. The molecule has 0 fully saturated rings. The van der Waals surface area contributed by atoms with E-state index < -0.39 is 17.5 Å². The van der Waals surface area contributed by atoms with Crippen LogP contribution in [0.4, 0.5) is 13.2 Å². The molecule has 0 radical (unpaired) electrons. The molecule has 0 aliphatic heterocycles. The van der Waals surface area contributed by atoms with E-state index in [1.807, 2.05) is 25.1 Å². The van der Waals surface area contributed by atoms with E-state index in [0.29, 0.717) is 22.2 Å². The van der Waals surface area contributed by atoms with Crippen LogP contribution in [0.1, 0.15) is 16.7 Å². The normalized spacial score (nSPS) is 11.6. The lowest BCUT2D eigenvalue weighted by Crippen LogP contribution is -2.02. The Hall–Kier alpha value is -2.75. The maximum absolute atomic E-state index is 14.6. The first-order chi connectivity index (χ1) is 11.9. The van der Waals surface area contributed by atoms with Gasteiger partial charge in [0.25, 0.3) is 0 Å². The summed E-state index contributed by atoms with van der Waals surface area (Å²) >= 11 is 0. The van der Waals surface area contributed by atoms with Crippen LogP contribution in [-0.4, -0.2) is 4.57 Å². The lowest BCUT2D eigenvalue weighted by Gasteiger charge is -2.11. The van der Waals surface area contributed by atoms with Crippen LogP contribution in [0.25, 0.3) is 27.5 Å². The molecule has 0 atom stereocenters. The fraction of sp³-hybridized carbons (Fsp3) is 0.143. The second-order valence-corrected chi connectivity index (χ2v) is 6.55. The van der Waals surface area contributed by atoms with Crippen molar-refractivity contribution in [2.45, 2.75) is 20.8 Å². The fourth-order valence-electron chi connectivity index (χ4n) is 3.41. The smallest absolute Gasteiger partial charge is 0.150 e. The highest BCUT2D eigenvalue weighted by atomic mass is 19.1. The van der Waals surface area contributed by atoms with Gasteiger partial charge in [0.1, 0.15) is 23.1 Å². The summed E-state index contributed by atoms with van der Waals surface area (Å²) in [5.41, 5.74) is 2.93. The summed E-state index contributed by atoms with van der Waals surface area (Å²) in [6.45, 7) is 5.26. The Bertz CT molecular complexity index is 1130. The van der Waals surface area contributed by atoms with Gasteiger partial charge in [-0.1, -0.05) is 11.6 Å². The van der Waals surface area contributed by atoms with Crippen molar-refractivity contribution in [3.8, 4) is 5.69 Å². The van der Waals surface area contributed by atoms with E-state index >= 15 is 0 Å². The van der Waals surface area contributed by atoms with Crippen molar-refractivity contribution in [3.63, 3.8) is 0 Å². The van der Waals surface area contributed by atoms with Crippen LogP contribution in [0, 0.1) is 38.2 Å². The van der Waals surface area contributed by atoms with Crippen LogP contribution < -0.4 is 0 Å². The molecule has 0 amide bonds. The van der Waals surface area contributed by atoms with Crippen molar-refractivity contribution in [1.29, 1.82) is 0 Å². The number of nitrogens with zero attached hydrogens (tertiary/aromatic N) is 1. The minimum Gasteiger partial charge on any atom is -0.304 e. The van der Waals surface area contributed by atoms with Gasteiger partial charge in [0.05, 0.1) is 11.0 Å². The molecule has 1 nitrogen and oxygen atoms in total. The molecule has 4 heteroatoms. The van der Waals surface area contributed by atoms with Crippen molar-refractivity contribution in [3.05, 3.63) is 76.6 Å². The Kier molecular flexibility index (Phi) is 3.39. The third-order valence-electron chi connectivity index (χ3n) is 4.59. The maximum atomic E-state index is 14.6. The standard InChI is InChI=1S/C21H16F3N/c1-11-4-5-19-14(6-11)15-9-13(3)16(22)10-20(15)25(19)21-17(23)7-12(2)8-18(21)24/h4-10H,1-3H3. The van der Waals surface area contributed by atoms with E-state index in [1.165, 1.54) is 22.8 Å². The van der Waals surface area contributed by atoms with E-state index in [4.69, 9.17) is 0 Å². The lowest BCUT2D eigenvalue weighted by atomic mass is 10.1. The maximum Gasteiger partial charge on any atom is 0.150 e.